The van der Waals surface area contributed by atoms with Gasteiger partial charge in [0, 0.05) is 6.54 Å². The summed E-state index contributed by atoms with van der Waals surface area (Å²) in [5.41, 5.74) is -0.588. The summed E-state index contributed by atoms with van der Waals surface area (Å²) in [6.07, 6.45) is -2.49. The molecule has 11 nitrogen and oxygen atoms in total. The minimum Gasteiger partial charge on any atom is -0.480 e. The van der Waals surface area contributed by atoms with E-state index in [0.29, 0.717) is 0 Å². The van der Waals surface area contributed by atoms with Gasteiger partial charge >= 0.3 is 18.2 Å². The summed E-state index contributed by atoms with van der Waals surface area (Å²) < 4.78 is 16.2. The van der Waals surface area contributed by atoms with Crippen LogP contribution < -0.4 is 16.0 Å². The Bertz CT molecular complexity index is 878. The lowest BCUT2D eigenvalue weighted by molar-refractivity contribution is -0.144. The highest BCUT2D eigenvalue weighted by Crippen LogP contribution is 2.14. The SMILES string of the molecule is CC(OC(C)(C)C)[C@H](NC(=O)OCc1ccccc1)C(=O)N[C@@H](CCNC(=O)OC(C)(C)C)C(=O)O. The molecule has 1 aromatic rings. The number of ether oxygens (including phenoxy) is 3. The Balaban J connectivity index is 2.83. The summed E-state index contributed by atoms with van der Waals surface area (Å²) >= 11 is 0. The second-order valence-corrected chi connectivity index (χ2v) is 10.2. The Labute approximate surface area is 212 Å². The molecule has 0 saturated heterocycles. The van der Waals surface area contributed by atoms with Crippen molar-refractivity contribution in [1.82, 2.24) is 16.0 Å². The van der Waals surface area contributed by atoms with E-state index in [-0.39, 0.29) is 19.6 Å². The zero-order chi connectivity index (χ0) is 27.5. The van der Waals surface area contributed by atoms with Crippen LogP contribution in [0.5, 0.6) is 0 Å². The van der Waals surface area contributed by atoms with Gasteiger partial charge in [-0.15, -0.1) is 0 Å². The molecule has 0 bridgehead atoms. The van der Waals surface area contributed by atoms with Crippen LogP contribution in [0.25, 0.3) is 0 Å². The fraction of sp³-hybridized carbons (Fsp3) is 0.600. The van der Waals surface area contributed by atoms with Crippen LogP contribution in [-0.4, -0.2) is 65.1 Å². The predicted molar refractivity (Wildman–Crippen MR) is 132 cm³/mol. The number of alkyl carbamates (subject to hydrolysis) is 2. The number of amides is 3. The second kappa shape index (κ2) is 13.7. The van der Waals surface area contributed by atoms with Gasteiger partial charge in [-0.2, -0.15) is 0 Å². The largest absolute Gasteiger partial charge is 0.480 e. The van der Waals surface area contributed by atoms with Gasteiger partial charge in [-0.25, -0.2) is 14.4 Å². The van der Waals surface area contributed by atoms with E-state index >= 15 is 0 Å². The third kappa shape index (κ3) is 12.9. The Hall–Kier alpha value is -3.34. The average Bonchev–Trinajstić information content (AvgIpc) is 2.73. The Morgan fingerprint density at radius 1 is 0.917 bits per heavy atom. The van der Waals surface area contributed by atoms with Crippen molar-refractivity contribution >= 4 is 24.1 Å². The van der Waals surface area contributed by atoms with Gasteiger partial charge in [0.25, 0.3) is 0 Å². The Kier molecular flexibility index (Phi) is 11.7. The van der Waals surface area contributed by atoms with Gasteiger partial charge in [0.1, 0.15) is 24.3 Å². The van der Waals surface area contributed by atoms with Crippen molar-refractivity contribution in [3.63, 3.8) is 0 Å². The second-order valence-electron chi connectivity index (χ2n) is 10.2. The third-order valence-corrected chi connectivity index (χ3v) is 4.49. The molecular formula is C25H39N3O8. The topological polar surface area (TPSA) is 152 Å². The summed E-state index contributed by atoms with van der Waals surface area (Å²) in [6.45, 7) is 12.0. The molecule has 0 spiro atoms. The van der Waals surface area contributed by atoms with E-state index in [0.717, 1.165) is 5.56 Å². The highest BCUT2D eigenvalue weighted by molar-refractivity contribution is 5.89. The first kappa shape index (κ1) is 30.7. The maximum atomic E-state index is 13.0. The van der Waals surface area contributed by atoms with E-state index in [9.17, 15) is 24.3 Å². The molecular weight excluding hydrogens is 470 g/mol. The number of carboxylic acids is 1. The van der Waals surface area contributed by atoms with Crippen LogP contribution in [0, 0.1) is 0 Å². The van der Waals surface area contributed by atoms with Gasteiger partial charge in [-0.05, 0) is 60.5 Å². The molecule has 36 heavy (non-hydrogen) atoms. The van der Waals surface area contributed by atoms with E-state index in [2.05, 4.69) is 16.0 Å². The first-order valence-electron chi connectivity index (χ1n) is 11.7. The van der Waals surface area contributed by atoms with Crippen LogP contribution in [0.2, 0.25) is 0 Å². The molecule has 0 fully saturated rings. The zero-order valence-corrected chi connectivity index (χ0v) is 22.0. The molecule has 0 saturated carbocycles. The van der Waals surface area contributed by atoms with E-state index < -0.39 is 53.5 Å². The maximum Gasteiger partial charge on any atom is 0.408 e. The number of hydrogen-bond donors (Lipinski definition) is 4. The number of rotatable bonds is 11. The predicted octanol–water partition coefficient (Wildman–Crippen LogP) is 2.97. The lowest BCUT2D eigenvalue weighted by Gasteiger charge is -2.31. The highest BCUT2D eigenvalue weighted by Gasteiger charge is 2.33. The molecule has 1 rings (SSSR count). The molecule has 1 aromatic carbocycles. The number of hydrogen-bond acceptors (Lipinski definition) is 7. The minimum absolute atomic E-state index is 0.0103. The van der Waals surface area contributed by atoms with Crippen molar-refractivity contribution in [2.24, 2.45) is 0 Å². The van der Waals surface area contributed by atoms with Gasteiger partial charge in [-0.1, -0.05) is 30.3 Å². The van der Waals surface area contributed by atoms with Crippen LogP contribution in [0.15, 0.2) is 30.3 Å². The number of carbonyl (C=O) groups excluding carboxylic acids is 3. The quantitative estimate of drug-likeness (QED) is 0.355. The van der Waals surface area contributed by atoms with Crippen molar-refractivity contribution < 1.29 is 38.5 Å². The van der Waals surface area contributed by atoms with Crippen molar-refractivity contribution in [3.8, 4) is 0 Å². The first-order chi connectivity index (χ1) is 16.6. The van der Waals surface area contributed by atoms with E-state index in [4.69, 9.17) is 14.2 Å². The molecule has 3 atom stereocenters. The van der Waals surface area contributed by atoms with Crippen LogP contribution in [0.1, 0.15) is 60.5 Å². The number of carbonyl (C=O) groups is 4. The molecule has 0 heterocycles. The van der Waals surface area contributed by atoms with Gasteiger partial charge in [-0.3, -0.25) is 4.79 Å². The summed E-state index contributed by atoms with van der Waals surface area (Å²) in [5.74, 6) is -2.07. The summed E-state index contributed by atoms with van der Waals surface area (Å²) in [6, 6.07) is 6.42. The molecule has 3 amide bonds. The van der Waals surface area contributed by atoms with Crippen molar-refractivity contribution in [3.05, 3.63) is 35.9 Å². The standard InChI is InChI=1S/C25H39N3O8/c1-16(35-24(2,3)4)19(28-23(33)34-15-17-11-9-8-10-12-17)20(29)27-18(21(30)31)13-14-26-22(32)36-25(5,6)7/h8-12,16,18-19H,13-15H2,1-7H3,(H,26,32)(H,27,29)(H,28,33)(H,30,31)/t16?,18-,19-/m0/s1. The van der Waals surface area contributed by atoms with E-state index in [1.165, 1.54) is 0 Å². The fourth-order valence-corrected chi connectivity index (χ4v) is 3.07. The van der Waals surface area contributed by atoms with Gasteiger partial charge in [0.05, 0.1) is 11.7 Å². The molecule has 0 radical (unpaired) electrons. The lowest BCUT2D eigenvalue weighted by Crippen LogP contribution is -2.57. The summed E-state index contributed by atoms with van der Waals surface area (Å²) in [4.78, 5) is 49.0. The van der Waals surface area contributed by atoms with Crippen LogP contribution in [0.4, 0.5) is 9.59 Å². The molecule has 0 aliphatic rings. The maximum absolute atomic E-state index is 13.0. The molecule has 4 N–H and O–H groups in total. The van der Waals surface area contributed by atoms with Crippen LogP contribution in [-0.2, 0) is 30.4 Å². The smallest absolute Gasteiger partial charge is 0.408 e. The number of benzene rings is 1. The minimum atomic E-state index is -1.33. The van der Waals surface area contributed by atoms with E-state index in [1.807, 2.05) is 6.07 Å². The average molecular weight is 510 g/mol. The Morgan fingerprint density at radius 3 is 2.06 bits per heavy atom. The first-order valence-corrected chi connectivity index (χ1v) is 11.7. The normalized spacial score (nSPS) is 14.1. The third-order valence-electron chi connectivity index (χ3n) is 4.49. The summed E-state index contributed by atoms with van der Waals surface area (Å²) in [7, 11) is 0. The molecule has 1 unspecified atom stereocenters. The van der Waals surface area contributed by atoms with Crippen molar-refractivity contribution in [1.29, 1.82) is 0 Å². The van der Waals surface area contributed by atoms with E-state index in [1.54, 1.807) is 72.7 Å². The van der Waals surface area contributed by atoms with Crippen molar-refractivity contribution in [2.45, 2.75) is 90.9 Å². The van der Waals surface area contributed by atoms with Gasteiger partial charge in [0.2, 0.25) is 5.91 Å². The molecule has 0 aromatic heterocycles. The monoisotopic (exact) mass is 509 g/mol. The molecule has 202 valence electrons. The number of nitrogens with one attached hydrogen (secondary N) is 3. The Morgan fingerprint density at radius 2 is 1.53 bits per heavy atom. The lowest BCUT2D eigenvalue weighted by atomic mass is 10.1. The van der Waals surface area contributed by atoms with Crippen molar-refractivity contribution in [2.75, 3.05) is 6.54 Å². The van der Waals surface area contributed by atoms with Crippen LogP contribution in [0.3, 0.4) is 0 Å². The molecule has 11 heteroatoms. The van der Waals surface area contributed by atoms with Gasteiger partial charge in [0.15, 0.2) is 0 Å². The molecule has 0 aliphatic carbocycles. The number of carboxylic acid groups (broad SMARTS) is 1. The highest BCUT2D eigenvalue weighted by atomic mass is 16.6. The molecule has 0 aliphatic heterocycles. The van der Waals surface area contributed by atoms with Crippen LogP contribution >= 0.6 is 0 Å². The zero-order valence-electron chi connectivity index (χ0n) is 22.0. The number of aliphatic carboxylic acids is 1. The van der Waals surface area contributed by atoms with Gasteiger partial charge < -0.3 is 35.3 Å². The summed E-state index contributed by atoms with van der Waals surface area (Å²) in [5, 5.41) is 16.9. The fourth-order valence-electron chi connectivity index (χ4n) is 3.07.